The first kappa shape index (κ1) is 20.5. The molecule has 0 bridgehead atoms. The summed E-state index contributed by atoms with van der Waals surface area (Å²) in [6.07, 6.45) is 0. The van der Waals surface area contributed by atoms with E-state index in [-0.39, 0.29) is 24.2 Å². The highest BCUT2D eigenvalue weighted by Gasteiger charge is 2.26. The normalized spacial score (nSPS) is 17.1. The van der Waals surface area contributed by atoms with Crippen molar-refractivity contribution in [3.05, 3.63) is 70.5 Å². The maximum Gasteiger partial charge on any atom is 0.258 e. The molecule has 1 fully saturated rings. The minimum Gasteiger partial charge on any atom is -0.334 e. The van der Waals surface area contributed by atoms with Crippen LogP contribution >= 0.6 is 24.0 Å². The predicted molar refractivity (Wildman–Crippen MR) is 110 cm³/mol. The molecular formula is C20H20Cl2N4O2. The Morgan fingerprint density at radius 2 is 1.96 bits per heavy atom. The van der Waals surface area contributed by atoms with Crippen LogP contribution in [0.25, 0.3) is 11.5 Å². The number of nitrogens with one attached hydrogen (secondary N) is 1. The smallest absolute Gasteiger partial charge is 0.258 e. The van der Waals surface area contributed by atoms with Crippen LogP contribution in [0.3, 0.4) is 0 Å². The van der Waals surface area contributed by atoms with Crippen LogP contribution in [0.2, 0.25) is 5.02 Å². The molecule has 1 aliphatic rings. The molecule has 0 aliphatic carbocycles. The van der Waals surface area contributed by atoms with E-state index in [0.29, 0.717) is 33.4 Å². The fraction of sp³-hybridized carbons (Fsp3) is 0.250. The highest BCUT2D eigenvalue weighted by atomic mass is 35.5. The van der Waals surface area contributed by atoms with Crippen molar-refractivity contribution in [2.45, 2.75) is 6.04 Å². The SMILES string of the molecule is CN1CCNCC1c1noc(-c2ccccc2C(=O)c2ccc(Cl)cc2)n1.Cl. The van der Waals surface area contributed by atoms with E-state index < -0.39 is 0 Å². The molecule has 2 heterocycles. The van der Waals surface area contributed by atoms with Crippen LogP contribution in [0.1, 0.15) is 27.8 Å². The zero-order valence-electron chi connectivity index (χ0n) is 15.3. The van der Waals surface area contributed by atoms with Crippen molar-refractivity contribution in [2.24, 2.45) is 0 Å². The molecular weight excluding hydrogens is 399 g/mol. The molecule has 8 heteroatoms. The van der Waals surface area contributed by atoms with Crippen LogP contribution < -0.4 is 5.32 Å². The van der Waals surface area contributed by atoms with Crippen molar-refractivity contribution in [1.29, 1.82) is 0 Å². The van der Waals surface area contributed by atoms with E-state index in [2.05, 4.69) is 20.4 Å². The van der Waals surface area contributed by atoms with Gasteiger partial charge in [0.15, 0.2) is 11.6 Å². The summed E-state index contributed by atoms with van der Waals surface area (Å²) in [4.78, 5) is 19.7. The predicted octanol–water partition coefficient (Wildman–Crippen LogP) is 3.62. The minimum absolute atomic E-state index is 0. The second kappa shape index (κ2) is 8.84. The molecule has 1 atom stereocenters. The van der Waals surface area contributed by atoms with Crippen molar-refractivity contribution < 1.29 is 9.32 Å². The topological polar surface area (TPSA) is 71.3 Å². The fourth-order valence-corrected chi connectivity index (χ4v) is 3.32. The third-order valence-electron chi connectivity index (χ3n) is 4.76. The quantitative estimate of drug-likeness (QED) is 0.652. The third kappa shape index (κ3) is 4.10. The Morgan fingerprint density at radius 1 is 1.21 bits per heavy atom. The van der Waals surface area contributed by atoms with E-state index in [4.69, 9.17) is 16.1 Å². The number of likely N-dealkylation sites (N-methyl/N-ethyl adjacent to an activating group) is 1. The van der Waals surface area contributed by atoms with Crippen molar-refractivity contribution in [1.82, 2.24) is 20.4 Å². The maximum absolute atomic E-state index is 13.0. The monoisotopic (exact) mass is 418 g/mol. The first-order valence-electron chi connectivity index (χ1n) is 8.78. The highest BCUT2D eigenvalue weighted by molar-refractivity contribution is 6.30. The number of carbonyl (C=O) groups is 1. The summed E-state index contributed by atoms with van der Waals surface area (Å²) >= 11 is 5.92. The zero-order chi connectivity index (χ0) is 18.8. The summed E-state index contributed by atoms with van der Waals surface area (Å²) in [5.41, 5.74) is 1.70. The van der Waals surface area contributed by atoms with Gasteiger partial charge in [-0.3, -0.25) is 9.69 Å². The highest BCUT2D eigenvalue weighted by Crippen LogP contribution is 2.27. The van der Waals surface area contributed by atoms with Gasteiger partial charge in [0, 0.05) is 35.8 Å². The molecule has 146 valence electrons. The van der Waals surface area contributed by atoms with Crippen LogP contribution in [-0.2, 0) is 0 Å². The Labute approximate surface area is 174 Å². The summed E-state index contributed by atoms with van der Waals surface area (Å²) in [7, 11) is 2.04. The van der Waals surface area contributed by atoms with E-state index in [1.165, 1.54) is 0 Å². The van der Waals surface area contributed by atoms with Gasteiger partial charge in [0.1, 0.15) is 0 Å². The molecule has 1 aromatic heterocycles. The van der Waals surface area contributed by atoms with E-state index in [9.17, 15) is 4.79 Å². The Bertz CT molecular complexity index is 959. The van der Waals surface area contributed by atoms with Gasteiger partial charge in [-0.25, -0.2) is 0 Å². The van der Waals surface area contributed by atoms with Crippen LogP contribution in [-0.4, -0.2) is 47.5 Å². The van der Waals surface area contributed by atoms with E-state index >= 15 is 0 Å². The van der Waals surface area contributed by atoms with Gasteiger partial charge >= 0.3 is 0 Å². The van der Waals surface area contributed by atoms with Crippen LogP contribution in [0.15, 0.2) is 53.1 Å². The standard InChI is InChI=1S/C20H19ClN4O2.ClH/c1-25-11-10-22-12-17(25)19-23-20(27-24-19)16-5-3-2-4-15(16)18(26)13-6-8-14(21)9-7-13;/h2-9,17,22H,10-12H2,1H3;1H. The van der Waals surface area contributed by atoms with E-state index in [1.807, 2.05) is 25.2 Å². The van der Waals surface area contributed by atoms with Crippen LogP contribution in [0.5, 0.6) is 0 Å². The molecule has 0 radical (unpaired) electrons. The van der Waals surface area contributed by atoms with Crippen molar-refractivity contribution in [2.75, 3.05) is 26.7 Å². The van der Waals surface area contributed by atoms with Gasteiger partial charge in [-0.15, -0.1) is 12.4 Å². The average molecular weight is 419 g/mol. The molecule has 4 rings (SSSR count). The Hall–Kier alpha value is -2.25. The number of benzene rings is 2. The first-order valence-corrected chi connectivity index (χ1v) is 9.15. The maximum atomic E-state index is 13.0. The Morgan fingerprint density at radius 3 is 2.71 bits per heavy atom. The zero-order valence-corrected chi connectivity index (χ0v) is 16.8. The van der Waals surface area contributed by atoms with Gasteiger partial charge in [-0.1, -0.05) is 35.0 Å². The molecule has 1 N–H and O–H groups in total. The minimum atomic E-state index is -0.113. The molecule has 0 spiro atoms. The lowest BCUT2D eigenvalue weighted by atomic mass is 9.98. The molecule has 2 aromatic carbocycles. The number of rotatable bonds is 4. The van der Waals surface area contributed by atoms with Crippen molar-refractivity contribution in [3.8, 4) is 11.5 Å². The van der Waals surface area contributed by atoms with Gasteiger partial charge < -0.3 is 9.84 Å². The van der Waals surface area contributed by atoms with Crippen LogP contribution in [0.4, 0.5) is 0 Å². The van der Waals surface area contributed by atoms with Gasteiger partial charge in [-0.2, -0.15) is 4.98 Å². The van der Waals surface area contributed by atoms with Crippen molar-refractivity contribution in [3.63, 3.8) is 0 Å². The van der Waals surface area contributed by atoms with Gasteiger partial charge in [0.2, 0.25) is 0 Å². The molecule has 28 heavy (non-hydrogen) atoms. The summed E-state index contributed by atoms with van der Waals surface area (Å²) in [6.45, 7) is 2.62. The summed E-state index contributed by atoms with van der Waals surface area (Å²) < 4.78 is 5.51. The summed E-state index contributed by atoms with van der Waals surface area (Å²) in [6, 6.07) is 14.1. The molecule has 1 saturated heterocycles. The van der Waals surface area contributed by atoms with Crippen LogP contribution in [0, 0.1) is 0 Å². The van der Waals surface area contributed by atoms with Crippen molar-refractivity contribution >= 4 is 29.8 Å². The number of aromatic nitrogens is 2. The average Bonchev–Trinajstić information content (AvgIpc) is 3.18. The lowest BCUT2D eigenvalue weighted by Gasteiger charge is -2.30. The number of hydrogen-bond donors (Lipinski definition) is 1. The largest absolute Gasteiger partial charge is 0.334 e. The molecule has 1 aliphatic heterocycles. The number of ketones is 1. The number of nitrogens with zero attached hydrogens (tertiary/aromatic N) is 3. The molecule has 6 nitrogen and oxygen atoms in total. The summed E-state index contributed by atoms with van der Waals surface area (Å²) in [5, 5.41) is 8.08. The number of halogens is 2. The molecule has 3 aromatic rings. The first-order chi connectivity index (χ1) is 13.1. The molecule has 0 amide bonds. The lowest BCUT2D eigenvalue weighted by molar-refractivity contribution is 0.103. The number of piperazine rings is 1. The van der Waals surface area contributed by atoms with Gasteiger partial charge in [0.25, 0.3) is 5.89 Å². The number of hydrogen-bond acceptors (Lipinski definition) is 6. The second-order valence-corrected chi connectivity index (χ2v) is 6.98. The molecule has 1 unspecified atom stereocenters. The number of carbonyl (C=O) groups excluding carboxylic acids is 1. The fourth-order valence-electron chi connectivity index (χ4n) is 3.20. The third-order valence-corrected chi connectivity index (χ3v) is 5.01. The molecule has 0 saturated carbocycles. The summed E-state index contributed by atoms with van der Waals surface area (Å²) in [5.74, 6) is 0.855. The van der Waals surface area contributed by atoms with E-state index in [1.54, 1.807) is 30.3 Å². The van der Waals surface area contributed by atoms with E-state index in [0.717, 1.165) is 19.6 Å². The van der Waals surface area contributed by atoms with Gasteiger partial charge in [0.05, 0.1) is 11.6 Å². The Kier molecular flexibility index (Phi) is 6.46. The second-order valence-electron chi connectivity index (χ2n) is 6.54. The Balaban J connectivity index is 0.00000225. The lowest BCUT2D eigenvalue weighted by Crippen LogP contribution is -2.44. The van der Waals surface area contributed by atoms with Gasteiger partial charge in [-0.05, 0) is 37.4 Å².